The van der Waals surface area contributed by atoms with E-state index in [-0.39, 0.29) is 22.3 Å². The lowest BCUT2D eigenvalue weighted by molar-refractivity contribution is -0.385. The van der Waals surface area contributed by atoms with Crippen molar-refractivity contribution in [2.24, 2.45) is 5.92 Å². The zero-order valence-corrected chi connectivity index (χ0v) is 12.0. The molecule has 6 heteroatoms. The Kier molecular flexibility index (Phi) is 4.60. The lowest BCUT2D eigenvalue weighted by atomic mass is 9.86. The molecule has 1 fully saturated rings. The van der Waals surface area contributed by atoms with E-state index in [9.17, 15) is 14.9 Å². The smallest absolute Gasteiger partial charge is 0.283 e. The van der Waals surface area contributed by atoms with Crippen LogP contribution < -0.4 is 5.32 Å². The van der Waals surface area contributed by atoms with E-state index >= 15 is 0 Å². The molecule has 1 N–H and O–H groups in total. The normalized spacial score (nSPS) is 22.3. The molecule has 0 saturated heterocycles. The lowest BCUT2D eigenvalue weighted by Crippen LogP contribution is -2.41. The topological polar surface area (TPSA) is 72.2 Å². The minimum atomic E-state index is -0.578. The van der Waals surface area contributed by atoms with Crippen LogP contribution >= 0.6 is 11.6 Å². The predicted octanol–water partition coefficient (Wildman–Crippen LogP) is 3.56. The fourth-order valence-corrected chi connectivity index (χ4v) is 2.79. The third kappa shape index (κ3) is 3.28. The Hall–Kier alpha value is -1.62. The van der Waals surface area contributed by atoms with Crippen molar-refractivity contribution in [1.82, 2.24) is 5.32 Å². The molecule has 0 radical (unpaired) electrons. The summed E-state index contributed by atoms with van der Waals surface area (Å²) in [6.45, 7) is 2.10. The maximum Gasteiger partial charge on any atom is 0.283 e. The summed E-state index contributed by atoms with van der Waals surface area (Å²) in [5, 5.41) is 14.2. The second-order valence-electron chi connectivity index (χ2n) is 5.26. The molecule has 1 aliphatic rings. The molecule has 0 heterocycles. The van der Waals surface area contributed by atoms with Crippen LogP contribution in [0.5, 0.6) is 0 Å². The summed E-state index contributed by atoms with van der Waals surface area (Å²) >= 11 is 5.74. The average molecular weight is 297 g/mol. The standard InChI is InChI=1S/C14H17ClN2O3/c1-9-4-2-3-5-12(9)16-14(18)11-7-6-10(15)8-13(11)17(19)20/h6-9,12H,2-5H2,1H3,(H,16,18). The summed E-state index contributed by atoms with van der Waals surface area (Å²) in [5.74, 6) is 0.00572. The van der Waals surface area contributed by atoms with Crippen LogP contribution in [0, 0.1) is 16.0 Å². The molecular weight excluding hydrogens is 280 g/mol. The van der Waals surface area contributed by atoms with Crippen LogP contribution in [-0.4, -0.2) is 16.9 Å². The van der Waals surface area contributed by atoms with Gasteiger partial charge >= 0.3 is 0 Å². The molecule has 2 atom stereocenters. The number of halogens is 1. The molecule has 1 saturated carbocycles. The second-order valence-corrected chi connectivity index (χ2v) is 5.70. The number of rotatable bonds is 3. The van der Waals surface area contributed by atoms with Crippen molar-refractivity contribution in [3.63, 3.8) is 0 Å². The largest absolute Gasteiger partial charge is 0.349 e. The van der Waals surface area contributed by atoms with Crippen LogP contribution in [0.4, 0.5) is 5.69 Å². The van der Waals surface area contributed by atoms with E-state index in [2.05, 4.69) is 12.2 Å². The highest BCUT2D eigenvalue weighted by Crippen LogP contribution is 2.26. The fraction of sp³-hybridized carbons (Fsp3) is 0.500. The summed E-state index contributed by atoms with van der Waals surface area (Å²) < 4.78 is 0. The van der Waals surface area contributed by atoms with Crippen molar-refractivity contribution in [3.05, 3.63) is 38.9 Å². The number of hydrogen-bond donors (Lipinski definition) is 1. The van der Waals surface area contributed by atoms with Crippen LogP contribution in [-0.2, 0) is 0 Å². The third-order valence-corrected chi connectivity index (χ3v) is 4.06. The first-order valence-corrected chi connectivity index (χ1v) is 7.11. The van der Waals surface area contributed by atoms with Gasteiger partial charge in [0.05, 0.1) is 4.92 Å². The first-order valence-electron chi connectivity index (χ1n) is 6.74. The summed E-state index contributed by atoms with van der Waals surface area (Å²) in [4.78, 5) is 22.7. The Bertz CT molecular complexity index is 533. The first kappa shape index (κ1) is 14.8. The number of nitro groups is 1. The maximum absolute atomic E-state index is 12.2. The number of amides is 1. The van der Waals surface area contributed by atoms with Crippen molar-refractivity contribution < 1.29 is 9.72 Å². The zero-order valence-electron chi connectivity index (χ0n) is 11.3. The number of nitrogens with zero attached hydrogens (tertiary/aromatic N) is 1. The van der Waals surface area contributed by atoms with Crippen molar-refractivity contribution in [2.45, 2.75) is 38.6 Å². The van der Waals surface area contributed by atoms with Crippen molar-refractivity contribution in [1.29, 1.82) is 0 Å². The molecule has 0 aliphatic heterocycles. The first-order chi connectivity index (χ1) is 9.49. The fourth-order valence-electron chi connectivity index (χ4n) is 2.62. The predicted molar refractivity (Wildman–Crippen MR) is 77.0 cm³/mol. The van der Waals surface area contributed by atoms with E-state index in [0.717, 1.165) is 19.3 Å². The molecule has 2 unspecified atom stereocenters. The van der Waals surface area contributed by atoms with Gasteiger partial charge in [-0.15, -0.1) is 0 Å². The van der Waals surface area contributed by atoms with Crippen molar-refractivity contribution in [2.75, 3.05) is 0 Å². The molecule has 20 heavy (non-hydrogen) atoms. The van der Waals surface area contributed by atoms with Gasteiger partial charge in [-0.25, -0.2) is 0 Å². The zero-order chi connectivity index (χ0) is 14.7. The monoisotopic (exact) mass is 296 g/mol. The second kappa shape index (κ2) is 6.22. The van der Waals surface area contributed by atoms with Gasteiger partial charge < -0.3 is 5.32 Å². The van der Waals surface area contributed by atoms with Crippen molar-refractivity contribution >= 4 is 23.2 Å². The van der Waals surface area contributed by atoms with E-state index < -0.39 is 10.8 Å². The molecule has 0 spiro atoms. The summed E-state index contributed by atoms with van der Waals surface area (Å²) in [7, 11) is 0. The molecule has 1 amide bonds. The Morgan fingerprint density at radius 3 is 2.75 bits per heavy atom. The number of nitro benzene ring substituents is 1. The lowest BCUT2D eigenvalue weighted by Gasteiger charge is -2.29. The summed E-state index contributed by atoms with van der Waals surface area (Å²) in [6.07, 6.45) is 4.26. The van der Waals surface area contributed by atoms with E-state index in [1.807, 2.05) is 0 Å². The number of carbonyl (C=O) groups excluding carboxylic acids is 1. The Labute approximate surface area is 122 Å². The molecule has 0 aromatic heterocycles. The quantitative estimate of drug-likeness (QED) is 0.684. The number of nitrogens with one attached hydrogen (secondary N) is 1. The van der Waals surface area contributed by atoms with Gasteiger partial charge in [-0.05, 0) is 30.9 Å². The van der Waals surface area contributed by atoms with E-state index in [4.69, 9.17) is 11.6 Å². The molecular formula is C14H17ClN2O3. The number of benzene rings is 1. The molecule has 0 bridgehead atoms. The van der Waals surface area contributed by atoms with Crippen LogP contribution in [0.25, 0.3) is 0 Å². The van der Waals surface area contributed by atoms with Crippen molar-refractivity contribution in [3.8, 4) is 0 Å². The molecule has 1 aromatic rings. The van der Waals surface area contributed by atoms with Gasteiger partial charge in [-0.1, -0.05) is 31.4 Å². The highest BCUT2D eigenvalue weighted by molar-refractivity contribution is 6.31. The minimum Gasteiger partial charge on any atom is -0.349 e. The average Bonchev–Trinajstić information content (AvgIpc) is 2.41. The highest BCUT2D eigenvalue weighted by atomic mass is 35.5. The number of carbonyl (C=O) groups is 1. The van der Waals surface area contributed by atoms with Gasteiger partial charge in [0.25, 0.3) is 11.6 Å². The number of hydrogen-bond acceptors (Lipinski definition) is 3. The minimum absolute atomic E-state index is 0.0668. The molecule has 1 aliphatic carbocycles. The molecule has 5 nitrogen and oxygen atoms in total. The van der Waals surface area contributed by atoms with Gasteiger partial charge in [0.2, 0.25) is 0 Å². The third-order valence-electron chi connectivity index (χ3n) is 3.83. The van der Waals surface area contributed by atoms with Gasteiger partial charge in [0, 0.05) is 17.1 Å². The molecule has 2 rings (SSSR count). The SMILES string of the molecule is CC1CCCCC1NC(=O)c1ccc(Cl)cc1[N+](=O)[O-]. The van der Waals surface area contributed by atoms with Gasteiger partial charge in [-0.3, -0.25) is 14.9 Å². The van der Waals surface area contributed by atoms with Crippen LogP contribution in [0.3, 0.4) is 0 Å². The maximum atomic E-state index is 12.2. The van der Waals surface area contributed by atoms with Crippen LogP contribution in [0.1, 0.15) is 43.0 Å². The van der Waals surface area contributed by atoms with E-state index in [1.54, 1.807) is 0 Å². The molecule has 108 valence electrons. The van der Waals surface area contributed by atoms with Gasteiger partial charge in [-0.2, -0.15) is 0 Å². The van der Waals surface area contributed by atoms with Crippen LogP contribution in [0.2, 0.25) is 5.02 Å². The van der Waals surface area contributed by atoms with E-state index in [1.165, 1.54) is 24.6 Å². The summed E-state index contributed by atoms with van der Waals surface area (Å²) in [6, 6.07) is 4.20. The van der Waals surface area contributed by atoms with Crippen LogP contribution in [0.15, 0.2) is 18.2 Å². The highest BCUT2D eigenvalue weighted by Gasteiger charge is 2.26. The van der Waals surface area contributed by atoms with Gasteiger partial charge in [0.1, 0.15) is 5.56 Å². The molecule has 1 aromatic carbocycles. The van der Waals surface area contributed by atoms with E-state index in [0.29, 0.717) is 5.92 Å². The Balaban J connectivity index is 2.18. The Morgan fingerprint density at radius 2 is 2.10 bits per heavy atom. The Morgan fingerprint density at radius 1 is 1.40 bits per heavy atom. The summed E-state index contributed by atoms with van der Waals surface area (Å²) in [5.41, 5.74) is -0.185. The van der Waals surface area contributed by atoms with Gasteiger partial charge in [0.15, 0.2) is 0 Å².